The topological polar surface area (TPSA) is 117 Å². The predicted molar refractivity (Wildman–Crippen MR) is 122 cm³/mol. The molecule has 2 aliphatic rings. The minimum Gasteiger partial charge on any atom is -0.478 e. The van der Waals surface area contributed by atoms with Crippen LogP contribution in [0.15, 0.2) is 24.3 Å². The molecule has 0 radical (unpaired) electrons. The van der Waals surface area contributed by atoms with Crippen LogP contribution in [-0.4, -0.2) is 46.8 Å². The van der Waals surface area contributed by atoms with Crippen LogP contribution in [0.4, 0.5) is 9.18 Å². The molecule has 1 spiro atoms. The maximum Gasteiger partial charge on any atom is 0.325 e. The molecule has 1 aliphatic carbocycles. The second-order valence-corrected chi connectivity index (χ2v) is 9.75. The van der Waals surface area contributed by atoms with Gasteiger partial charge in [-0.2, -0.15) is 0 Å². The maximum atomic E-state index is 13.7. The third kappa shape index (κ3) is 5.31. The molecule has 0 aromatic heterocycles. The molecule has 1 saturated carbocycles. The lowest BCUT2D eigenvalue weighted by atomic mass is 9.65. The number of imide groups is 1. The first-order valence-electron chi connectivity index (χ1n) is 11.6. The average Bonchev–Trinajstić information content (AvgIpc) is 3.03. The van der Waals surface area contributed by atoms with Crippen molar-refractivity contribution in [2.24, 2.45) is 11.3 Å². The first-order valence-corrected chi connectivity index (χ1v) is 11.6. The highest BCUT2D eigenvalue weighted by molar-refractivity contribution is 6.09. The summed E-state index contributed by atoms with van der Waals surface area (Å²) in [4.78, 5) is 50.9. The number of hydrogen-bond donors (Lipinski definition) is 3. The quantitative estimate of drug-likeness (QED) is 0.413. The Bertz CT molecular complexity index is 958. The van der Waals surface area contributed by atoms with Crippen LogP contribution < -0.4 is 20.9 Å². The van der Waals surface area contributed by atoms with Crippen molar-refractivity contribution in [1.82, 2.24) is 21.1 Å². The van der Waals surface area contributed by atoms with Crippen molar-refractivity contribution in [3.05, 3.63) is 30.1 Å². The van der Waals surface area contributed by atoms with Crippen molar-refractivity contribution in [2.45, 2.75) is 71.4 Å². The average molecular weight is 477 g/mol. The monoisotopic (exact) mass is 476 g/mol. The summed E-state index contributed by atoms with van der Waals surface area (Å²) in [7, 11) is 0. The van der Waals surface area contributed by atoms with Crippen LogP contribution >= 0.6 is 0 Å². The number of hydrazine groups is 1. The van der Waals surface area contributed by atoms with E-state index in [1.807, 2.05) is 0 Å². The summed E-state index contributed by atoms with van der Waals surface area (Å²) < 4.78 is 18.9. The Balaban J connectivity index is 1.50. The number of nitrogens with one attached hydrogen (secondary N) is 3. The summed E-state index contributed by atoms with van der Waals surface area (Å²) in [6.45, 7) is 7.46. The number of hydrogen-bond acceptors (Lipinski definition) is 5. The van der Waals surface area contributed by atoms with Gasteiger partial charge in [0.15, 0.2) is 17.7 Å². The predicted octanol–water partition coefficient (Wildman–Crippen LogP) is 2.66. The van der Waals surface area contributed by atoms with Gasteiger partial charge in [0, 0.05) is 0 Å². The van der Waals surface area contributed by atoms with E-state index in [9.17, 15) is 23.6 Å². The number of amides is 5. The van der Waals surface area contributed by atoms with Gasteiger partial charge in [0.05, 0.1) is 0 Å². The third-order valence-corrected chi connectivity index (χ3v) is 7.24. The number of rotatable bonds is 7. The molecule has 1 aromatic rings. The summed E-state index contributed by atoms with van der Waals surface area (Å²) in [6, 6.07) is 5.01. The molecule has 3 N–H and O–H groups in total. The lowest BCUT2D eigenvalue weighted by Gasteiger charge is -2.42. The largest absolute Gasteiger partial charge is 0.478 e. The van der Waals surface area contributed by atoms with Crippen LogP contribution in [0.1, 0.15) is 59.8 Å². The zero-order chi connectivity index (χ0) is 25.1. The van der Waals surface area contributed by atoms with E-state index in [0.29, 0.717) is 18.8 Å². The first kappa shape index (κ1) is 25.5. The van der Waals surface area contributed by atoms with Crippen LogP contribution in [0.2, 0.25) is 0 Å². The van der Waals surface area contributed by atoms with Crippen LogP contribution in [0, 0.1) is 17.2 Å². The van der Waals surface area contributed by atoms with Crippen molar-refractivity contribution < 1.29 is 28.3 Å². The molecule has 2 fully saturated rings. The van der Waals surface area contributed by atoms with Gasteiger partial charge in [0.1, 0.15) is 12.1 Å². The van der Waals surface area contributed by atoms with E-state index in [0.717, 1.165) is 24.2 Å². The number of carbonyl (C=O) groups is 4. The van der Waals surface area contributed by atoms with E-state index in [4.69, 9.17) is 4.74 Å². The minimum atomic E-state index is -1.10. The molecule has 10 heteroatoms. The highest BCUT2D eigenvalue weighted by Gasteiger charge is 2.53. The van der Waals surface area contributed by atoms with Crippen LogP contribution in [0.5, 0.6) is 5.75 Å². The molecule has 1 aromatic carbocycles. The van der Waals surface area contributed by atoms with Gasteiger partial charge in [-0.25, -0.2) is 9.18 Å². The summed E-state index contributed by atoms with van der Waals surface area (Å²) in [5, 5.41) is 2.79. The molecule has 1 heterocycles. The molecule has 1 unspecified atom stereocenters. The number of ether oxygens (including phenoxy) is 1. The number of halogens is 1. The van der Waals surface area contributed by atoms with E-state index >= 15 is 0 Å². The van der Waals surface area contributed by atoms with E-state index in [1.165, 1.54) is 25.1 Å². The Morgan fingerprint density at radius 1 is 1.24 bits per heavy atom. The molecule has 3 rings (SSSR count). The second-order valence-electron chi connectivity index (χ2n) is 9.75. The van der Waals surface area contributed by atoms with Gasteiger partial charge >= 0.3 is 6.03 Å². The maximum absolute atomic E-state index is 13.7. The van der Waals surface area contributed by atoms with Crippen molar-refractivity contribution in [3.63, 3.8) is 0 Å². The third-order valence-electron chi connectivity index (χ3n) is 7.24. The van der Waals surface area contributed by atoms with Gasteiger partial charge in [-0.05, 0) is 56.1 Å². The number of benzene rings is 1. The molecular weight excluding hydrogens is 443 g/mol. The highest BCUT2D eigenvalue weighted by Crippen LogP contribution is 2.45. The van der Waals surface area contributed by atoms with E-state index in [-0.39, 0.29) is 11.2 Å². The van der Waals surface area contributed by atoms with Gasteiger partial charge in [0.2, 0.25) is 0 Å². The zero-order valence-electron chi connectivity index (χ0n) is 20.1. The van der Waals surface area contributed by atoms with E-state index in [1.54, 1.807) is 6.07 Å². The molecule has 1 atom stereocenters. The Morgan fingerprint density at radius 3 is 2.50 bits per heavy atom. The molecule has 9 nitrogen and oxygen atoms in total. The van der Waals surface area contributed by atoms with E-state index in [2.05, 4.69) is 36.9 Å². The molecule has 5 amide bonds. The van der Waals surface area contributed by atoms with Gasteiger partial charge in [-0.1, -0.05) is 39.3 Å². The Kier molecular flexibility index (Phi) is 7.48. The van der Waals surface area contributed by atoms with Crippen molar-refractivity contribution in [2.75, 3.05) is 6.54 Å². The van der Waals surface area contributed by atoms with Gasteiger partial charge in [-0.15, -0.1) is 0 Å². The Hall–Kier alpha value is -3.17. The highest BCUT2D eigenvalue weighted by atomic mass is 19.1. The number of para-hydroxylation sites is 1. The number of carbonyl (C=O) groups excluding carboxylic acids is 4. The fraction of sp³-hybridized carbons (Fsp3) is 0.583. The summed E-state index contributed by atoms with van der Waals surface area (Å²) in [6.07, 6.45) is 2.65. The van der Waals surface area contributed by atoms with Crippen molar-refractivity contribution >= 4 is 23.8 Å². The normalized spacial score (nSPS) is 23.4. The van der Waals surface area contributed by atoms with Crippen LogP contribution in [-0.2, 0) is 14.4 Å². The smallest absolute Gasteiger partial charge is 0.325 e. The fourth-order valence-electron chi connectivity index (χ4n) is 4.54. The molecule has 34 heavy (non-hydrogen) atoms. The molecule has 1 saturated heterocycles. The van der Waals surface area contributed by atoms with Crippen molar-refractivity contribution in [1.29, 1.82) is 0 Å². The standard InChI is InChI=1S/C24H33FN4O5/c1-5-23(3,4)16-10-12-24(13-11-16)21(32)29(22(33)26-24)14-19(30)27-28-20(31)15(2)34-18-9-7-6-8-17(18)25/h6-9,15-16H,5,10-14H2,1-4H3,(H,26,33)(H,27,30)(H,28,31). The summed E-state index contributed by atoms with van der Waals surface area (Å²) in [5.41, 5.74) is 3.54. The molecule has 0 bridgehead atoms. The van der Waals surface area contributed by atoms with Gasteiger partial charge in [0.25, 0.3) is 17.7 Å². The first-order chi connectivity index (χ1) is 16.0. The van der Waals surface area contributed by atoms with Crippen molar-refractivity contribution in [3.8, 4) is 5.75 Å². The SMILES string of the molecule is CCC(C)(C)C1CCC2(CC1)NC(=O)N(CC(=O)NNC(=O)C(C)Oc1ccccc1F)C2=O. The Morgan fingerprint density at radius 2 is 1.88 bits per heavy atom. The molecule has 1 aliphatic heterocycles. The fourth-order valence-corrected chi connectivity index (χ4v) is 4.54. The summed E-state index contributed by atoms with van der Waals surface area (Å²) >= 11 is 0. The second kappa shape index (κ2) is 9.99. The summed E-state index contributed by atoms with van der Waals surface area (Å²) in [5.74, 6) is -2.13. The van der Waals surface area contributed by atoms with Crippen LogP contribution in [0.25, 0.3) is 0 Å². The zero-order valence-corrected chi connectivity index (χ0v) is 20.1. The van der Waals surface area contributed by atoms with E-state index < -0.39 is 47.8 Å². The molecule has 186 valence electrons. The molecular formula is C24H33FN4O5. The van der Waals surface area contributed by atoms with Crippen LogP contribution in [0.3, 0.4) is 0 Å². The minimum absolute atomic E-state index is 0.0989. The Labute approximate surface area is 198 Å². The lowest BCUT2D eigenvalue weighted by Crippen LogP contribution is -2.52. The lowest BCUT2D eigenvalue weighted by molar-refractivity contribution is -0.137. The number of urea groups is 1. The number of nitrogens with zero attached hydrogens (tertiary/aromatic N) is 1. The van der Waals surface area contributed by atoms with Gasteiger partial charge in [-0.3, -0.25) is 30.1 Å². The van der Waals surface area contributed by atoms with Gasteiger partial charge < -0.3 is 10.1 Å².